The van der Waals surface area contributed by atoms with Gasteiger partial charge in [0.15, 0.2) is 0 Å². The zero-order valence-electron chi connectivity index (χ0n) is 11.6. The first-order valence-electron chi connectivity index (χ1n) is 6.54. The predicted molar refractivity (Wildman–Crippen MR) is 76.5 cm³/mol. The quantitative estimate of drug-likeness (QED) is 0.687. The molecule has 2 rings (SSSR count). The van der Waals surface area contributed by atoms with E-state index in [0.717, 1.165) is 12.5 Å². The number of aromatic carboxylic acids is 1. The van der Waals surface area contributed by atoms with Gasteiger partial charge < -0.3 is 15.6 Å². The van der Waals surface area contributed by atoms with Gasteiger partial charge in [-0.25, -0.2) is 17.9 Å². The molecule has 1 saturated heterocycles. The zero-order valence-corrected chi connectivity index (χ0v) is 12.4. The second-order valence-corrected chi connectivity index (χ2v) is 6.77. The van der Waals surface area contributed by atoms with Crippen LogP contribution in [0.1, 0.15) is 23.7 Å². The van der Waals surface area contributed by atoms with Gasteiger partial charge in [-0.2, -0.15) is 0 Å². The first kappa shape index (κ1) is 15.7. The Bertz CT molecular complexity index is 638. The SMILES string of the molecule is CC(NS(=O)(=O)c1ccc(C(=O)O)cc1N)C1CCOC1. The number of nitrogen functional groups attached to an aromatic ring is 1. The molecule has 0 radical (unpaired) electrons. The third-order valence-electron chi connectivity index (χ3n) is 3.56. The van der Waals surface area contributed by atoms with Gasteiger partial charge >= 0.3 is 5.97 Å². The average Bonchev–Trinajstić information content (AvgIpc) is 2.91. The number of rotatable bonds is 5. The summed E-state index contributed by atoms with van der Waals surface area (Å²) in [6.07, 6.45) is 0.803. The molecule has 0 amide bonds. The Morgan fingerprint density at radius 2 is 2.24 bits per heavy atom. The highest BCUT2D eigenvalue weighted by Crippen LogP contribution is 2.22. The summed E-state index contributed by atoms with van der Waals surface area (Å²) in [4.78, 5) is 10.7. The molecule has 21 heavy (non-hydrogen) atoms. The second kappa shape index (κ2) is 6.00. The summed E-state index contributed by atoms with van der Waals surface area (Å²) in [5.41, 5.74) is 5.53. The van der Waals surface area contributed by atoms with Crippen LogP contribution in [0, 0.1) is 5.92 Å². The van der Waals surface area contributed by atoms with E-state index in [1.54, 1.807) is 6.92 Å². The van der Waals surface area contributed by atoms with E-state index in [9.17, 15) is 13.2 Å². The van der Waals surface area contributed by atoms with Crippen molar-refractivity contribution in [1.82, 2.24) is 4.72 Å². The fourth-order valence-corrected chi connectivity index (χ4v) is 3.70. The minimum absolute atomic E-state index is 0.0521. The van der Waals surface area contributed by atoms with E-state index in [0.29, 0.717) is 13.2 Å². The Morgan fingerprint density at radius 1 is 1.52 bits per heavy atom. The Balaban J connectivity index is 2.21. The predicted octanol–water partition coefficient (Wildman–Crippen LogP) is 0.670. The minimum Gasteiger partial charge on any atom is -0.478 e. The highest BCUT2D eigenvalue weighted by atomic mass is 32.2. The van der Waals surface area contributed by atoms with Gasteiger partial charge in [0.25, 0.3) is 0 Å². The van der Waals surface area contributed by atoms with Crippen LogP contribution in [-0.2, 0) is 14.8 Å². The number of sulfonamides is 1. The number of carboxylic acids is 1. The van der Waals surface area contributed by atoms with Crippen LogP contribution < -0.4 is 10.5 Å². The molecule has 1 fully saturated rings. The Labute approximate surface area is 123 Å². The Morgan fingerprint density at radius 3 is 2.76 bits per heavy atom. The lowest BCUT2D eigenvalue weighted by molar-refractivity contribution is 0.0697. The molecular formula is C13H18N2O5S. The topological polar surface area (TPSA) is 119 Å². The van der Waals surface area contributed by atoms with Crippen molar-refractivity contribution in [3.63, 3.8) is 0 Å². The van der Waals surface area contributed by atoms with Crippen molar-refractivity contribution in [3.05, 3.63) is 23.8 Å². The standard InChI is InChI=1S/C13H18N2O5S/c1-8(10-4-5-20-7-10)15-21(18,19)12-3-2-9(13(16)17)6-11(12)14/h2-3,6,8,10,15H,4-5,7,14H2,1H3,(H,16,17). The maximum atomic E-state index is 12.3. The van der Waals surface area contributed by atoms with Crippen molar-refractivity contribution in [3.8, 4) is 0 Å². The molecule has 8 heteroatoms. The molecule has 2 atom stereocenters. The minimum atomic E-state index is -3.79. The molecule has 1 heterocycles. The van der Waals surface area contributed by atoms with E-state index in [1.165, 1.54) is 12.1 Å². The summed E-state index contributed by atoms with van der Waals surface area (Å²) < 4.78 is 32.5. The molecule has 2 unspecified atom stereocenters. The van der Waals surface area contributed by atoms with E-state index in [1.807, 2.05) is 0 Å². The van der Waals surface area contributed by atoms with E-state index < -0.39 is 16.0 Å². The van der Waals surface area contributed by atoms with E-state index >= 15 is 0 Å². The first-order valence-corrected chi connectivity index (χ1v) is 8.02. The molecule has 1 aliphatic rings. The third-order valence-corrected chi connectivity index (χ3v) is 5.19. The van der Waals surface area contributed by atoms with Crippen LogP contribution in [0.5, 0.6) is 0 Å². The lowest BCUT2D eigenvalue weighted by Gasteiger charge is -2.19. The van der Waals surface area contributed by atoms with Gasteiger partial charge in [-0.15, -0.1) is 0 Å². The van der Waals surface area contributed by atoms with Crippen molar-refractivity contribution in [2.24, 2.45) is 5.92 Å². The first-order chi connectivity index (χ1) is 9.81. The number of nitrogens with two attached hydrogens (primary N) is 1. The molecule has 1 aromatic rings. The van der Waals surface area contributed by atoms with Gasteiger partial charge in [0.1, 0.15) is 4.90 Å². The van der Waals surface area contributed by atoms with Gasteiger partial charge in [0, 0.05) is 18.6 Å². The van der Waals surface area contributed by atoms with Crippen molar-refractivity contribution in [2.75, 3.05) is 18.9 Å². The summed E-state index contributed by atoms with van der Waals surface area (Å²) in [6.45, 7) is 2.93. The normalized spacial score (nSPS) is 20.3. The third kappa shape index (κ3) is 3.52. The molecule has 7 nitrogen and oxygen atoms in total. The molecule has 1 aliphatic heterocycles. The Kier molecular flexibility index (Phi) is 4.50. The highest BCUT2D eigenvalue weighted by Gasteiger charge is 2.28. The number of nitrogens with one attached hydrogen (secondary N) is 1. The fraction of sp³-hybridized carbons (Fsp3) is 0.462. The van der Waals surface area contributed by atoms with Crippen molar-refractivity contribution < 1.29 is 23.1 Å². The van der Waals surface area contributed by atoms with E-state index in [-0.39, 0.29) is 28.1 Å². The summed E-state index contributed by atoms with van der Waals surface area (Å²) >= 11 is 0. The molecule has 0 bridgehead atoms. The van der Waals surface area contributed by atoms with Crippen LogP contribution in [-0.4, -0.2) is 38.7 Å². The number of hydrogen-bond donors (Lipinski definition) is 3. The molecule has 116 valence electrons. The molecule has 0 saturated carbocycles. The summed E-state index contributed by atoms with van der Waals surface area (Å²) in [5, 5.41) is 8.86. The number of carbonyl (C=O) groups is 1. The monoisotopic (exact) mass is 314 g/mol. The maximum Gasteiger partial charge on any atom is 0.335 e. The van der Waals surface area contributed by atoms with Crippen LogP contribution in [0.2, 0.25) is 0 Å². The number of hydrogen-bond acceptors (Lipinski definition) is 5. The van der Waals surface area contributed by atoms with Gasteiger partial charge in [0.2, 0.25) is 10.0 Å². The average molecular weight is 314 g/mol. The van der Waals surface area contributed by atoms with Crippen molar-refractivity contribution in [2.45, 2.75) is 24.3 Å². The largest absolute Gasteiger partial charge is 0.478 e. The van der Waals surface area contributed by atoms with E-state index in [2.05, 4.69) is 4.72 Å². The van der Waals surface area contributed by atoms with Crippen LogP contribution >= 0.6 is 0 Å². The molecule has 4 N–H and O–H groups in total. The maximum absolute atomic E-state index is 12.3. The van der Waals surface area contributed by atoms with Crippen LogP contribution in [0.25, 0.3) is 0 Å². The smallest absolute Gasteiger partial charge is 0.335 e. The van der Waals surface area contributed by atoms with Gasteiger partial charge in [0.05, 0.1) is 17.9 Å². The van der Waals surface area contributed by atoms with Crippen LogP contribution in [0.4, 0.5) is 5.69 Å². The number of benzene rings is 1. The number of carboxylic acid groups (broad SMARTS) is 1. The number of anilines is 1. The fourth-order valence-electron chi connectivity index (χ4n) is 2.28. The summed E-state index contributed by atoms with van der Waals surface area (Å²) in [7, 11) is -3.79. The van der Waals surface area contributed by atoms with Crippen LogP contribution in [0.3, 0.4) is 0 Å². The van der Waals surface area contributed by atoms with Crippen molar-refractivity contribution >= 4 is 21.7 Å². The van der Waals surface area contributed by atoms with Gasteiger partial charge in [-0.1, -0.05) is 0 Å². The molecule has 1 aromatic carbocycles. The second-order valence-electron chi connectivity index (χ2n) is 5.09. The van der Waals surface area contributed by atoms with Crippen LogP contribution in [0.15, 0.2) is 23.1 Å². The summed E-state index contributed by atoms with van der Waals surface area (Å²) in [5.74, 6) is -1.03. The van der Waals surface area contributed by atoms with Gasteiger partial charge in [-0.3, -0.25) is 0 Å². The Hall–Kier alpha value is -1.64. The van der Waals surface area contributed by atoms with Gasteiger partial charge in [-0.05, 0) is 31.5 Å². The highest BCUT2D eigenvalue weighted by molar-refractivity contribution is 7.89. The number of ether oxygens (including phenoxy) is 1. The van der Waals surface area contributed by atoms with E-state index in [4.69, 9.17) is 15.6 Å². The van der Waals surface area contributed by atoms with Crippen molar-refractivity contribution in [1.29, 1.82) is 0 Å². The lowest BCUT2D eigenvalue weighted by Crippen LogP contribution is -2.38. The molecule has 0 spiro atoms. The molecule has 0 aliphatic carbocycles. The lowest BCUT2D eigenvalue weighted by atomic mass is 10.0. The zero-order chi connectivity index (χ0) is 15.6. The summed E-state index contributed by atoms with van der Waals surface area (Å²) in [6, 6.07) is 3.28. The molecule has 0 aromatic heterocycles. The molecular weight excluding hydrogens is 296 g/mol.